The van der Waals surface area contributed by atoms with Gasteiger partial charge in [0.2, 0.25) is 5.78 Å². The third-order valence-electron chi connectivity index (χ3n) is 8.66. The van der Waals surface area contributed by atoms with E-state index in [1.165, 1.54) is 19.1 Å². The summed E-state index contributed by atoms with van der Waals surface area (Å²) in [5.74, 6) is -5.38. The van der Waals surface area contributed by atoms with Crippen molar-refractivity contribution in [1.29, 1.82) is 0 Å². The van der Waals surface area contributed by atoms with Gasteiger partial charge in [0.1, 0.15) is 5.60 Å². The van der Waals surface area contributed by atoms with Crippen LogP contribution in [0.25, 0.3) is 0 Å². The van der Waals surface area contributed by atoms with Gasteiger partial charge in [0, 0.05) is 36.7 Å². The number of esters is 1. The average Bonchev–Trinajstić information content (AvgIpc) is 2.91. The molecule has 4 aliphatic carbocycles. The number of ether oxygens (including phenoxy) is 1. The maximum absolute atomic E-state index is 16.9. The zero-order valence-electron chi connectivity index (χ0n) is 18.6. The number of halogens is 1. The minimum Gasteiger partial charge on any atom is -0.458 e. The van der Waals surface area contributed by atoms with Crippen molar-refractivity contribution in [3.05, 3.63) is 23.8 Å². The maximum Gasteiger partial charge on any atom is 0.303 e. The summed E-state index contributed by atoms with van der Waals surface area (Å²) >= 11 is 0. The molecular formula is C24H27FO7. The van der Waals surface area contributed by atoms with Gasteiger partial charge in [-0.2, -0.15) is 0 Å². The van der Waals surface area contributed by atoms with Crippen LogP contribution in [0.5, 0.6) is 0 Å². The van der Waals surface area contributed by atoms with Gasteiger partial charge in [-0.15, -0.1) is 0 Å². The van der Waals surface area contributed by atoms with Gasteiger partial charge in [-0.1, -0.05) is 19.9 Å². The molecule has 0 radical (unpaired) electrons. The van der Waals surface area contributed by atoms with Gasteiger partial charge >= 0.3 is 5.97 Å². The Labute approximate surface area is 185 Å². The molecule has 0 aromatic rings. The van der Waals surface area contributed by atoms with Crippen molar-refractivity contribution in [2.24, 2.45) is 28.6 Å². The molecule has 172 valence electrons. The van der Waals surface area contributed by atoms with Crippen LogP contribution in [0, 0.1) is 28.6 Å². The lowest BCUT2D eigenvalue weighted by molar-refractivity contribution is -0.188. The second kappa shape index (κ2) is 6.76. The lowest BCUT2D eigenvalue weighted by Gasteiger charge is -2.59. The number of hydrogen-bond donors (Lipinski definition) is 1. The molecule has 7 atom stereocenters. The monoisotopic (exact) mass is 446 g/mol. The van der Waals surface area contributed by atoms with Crippen LogP contribution in [0.15, 0.2) is 23.8 Å². The van der Waals surface area contributed by atoms with Crippen LogP contribution >= 0.6 is 0 Å². The molecule has 32 heavy (non-hydrogen) atoms. The third kappa shape index (κ3) is 2.53. The normalized spacial score (nSPS) is 45.0. The maximum atomic E-state index is 16.9. The summed E-state index contributed by atoms with van der Waals surface area (Å²) in [5, 5.41) is 11.6. The van der Waals surface area contributed by atoms with Crippen LogP contribution in [0.2, 0.25) is 0 Å². The lowest BCUT2D eigenvalue weighted by atomic mass is 9.45. The van der Waals surface area contributed by atoms with E-state index in [4.69, 9.17) is 4.74 Å². The second-order valence-corrected chi connectivity index (χ2v) is 10.2. The first-order chi connectivity index (χ1) is 14.7. The number of Topliss-reactive ketones (excluding diaryl/α,β-unsaturated/α-hetero) is 3. The van der Waals surface area contributed by atoms with Gasteiger partial charge in [-0.3, -0.25) is 24.0 Å². The lowest BCUT2D eigenvalue weighted by Crippen LogP contribution is -2.69. The van der Waals surface area contributed by atoms with Crippen molar-refractivity contribution in [3.63, 3.8) is 0 Å². The van der Waals surface area contributed by atoms with E-state index in [1.807, 2.05) is 0 Å². The van der Waals surface area contributed by atoms with Gasteiger partial charge in [-0.05, 0) is 37.3 Å². The molecule has 0 heterocycles. The standard InChI is InChI=1S/C24H27FO7/c1-12-7-15-16-9-18(28)17-8-14(27)5-6-21(17,3)23(16,25)19(29)10-22(15,4)24(12,31)20(30)11-32-13(2)26/h5-6,8,12,15-16,31H,7,9-11H2,1-4H3/t12-,15-,16-,21-,22-,23-,24-/m0/s1. The third-order valence-corrected chi connectivity index (χ3v) is 8.66. The van der Waals surface area contributed by atoms with Crippen LogP contribution in [0.3, 0.4) is 0 Å². The molecule has 0 spiro atoms. The fourth-order valence-electron chi connectivity index (χ4n) is 6.98. The van der Waals surface area contributed by atoms with Crippen molar-refractivity contribution in [2.45, 2.75) is 58.2 Å². The van der Waals surface area contributed by atoms with E-state index in [1.54, 1.807) is 13.8 Å². The van der Waals surface area contributed by atoms with Gasteiger partial charge in [0.25, 0.3) is 0 Å². The van der Waals surface area contributed by atoms with Gasteiger partial charge in [0.15, 0.2) is 29.6 Å². The minimum atomic E-state index is -2.45. The fourth-order valence-corrected chi connectivity index (χ4v) is 6.98. The van der Waals surface area contributed by atoms with Gasteiger partial charge in [-0.25, -0.2) is 4.39 Å². The Kier molecular flexibility index (Phi) is 4.80. The molecule has 7 nitrogen and oxygen atoms in total. The van der Waals surface area contributed by atoms with Crippen molar-refractivity contribution in [3.8, 4) is 0 Å². The number of alkyl halides is 1. The first-order valence-electron chi connectivity index (χ1n) is 10.8. The second-order valence-electron chi connectivity index (χ2n) is 10.2. The molecule has 0 saturated heterocycles. The predicted octanol–water partition coefficient (Wildman–Crippen LogP) is 1.85. The van der Waals surface area contributed by atoms with E-state index in [9.17, 15) is 29.1 Å². The molecule has 0 aliphatic heterocycles. The van der Waals surface area contributed by atoms with E-state index in [-0.39, 0.29) is 18.4 Å². The van der Waals surface area contributed by atoms with E-state index in [0.29, 0.717) is 0 Å². The molecule has 0 unspecified atom stereocenters. The van der Waals surface area contributed by atoms with E-state index < -0.39 is 82.0 Å². The first-order valence-corrected chi connectivity index (χ1v) is 10.8. The van der Waals surface area contributed by atoms with E-state index in [2.05, 4.69) is 0 Å². The summed E-state index contributed by atoms with van der Waals surface area (Å²) in [7, 11) is 0. The summed E-state index contributed by atoms with van der Waals surface area (Å²) in [6, 6.07) is 0. The Morgan fingerprint density at radius 1 is 1.22 bits per heavy atom. The Balaban J connectivity index is 1.81. The van der Waals surface area contributed by atoms with Crippen LogP contribution in [0.1, 0.15) is 47.0 Å². The molecule has 3 fully saturated rings. The summed E-state index contributed by atoms with van der Waals surface area (Å²) in [4.78, 5) is 62.6. The molecule has 4 aliphatic rings. The number of rotatable bonds is 3. The number of hydrogen-bond acceptors (Lipinski definition) is 7. The highest BCUT2D eigenvalue weighted by Gasteiger charge is 2.76. The Morgan fingerprint density at radius 3 is 2.50 bits per heavy atom. The molecule has 0 amide bonds. The number of carbonyl (C=O) groups excluding carboxylic acids is 5. The fraction of sp³-hybridized carbons (Fsp3) is 0.625. The molecule has 8 heteroatoms. The quantitative estimate of drug-likeness (QED) is 0.658. The molecule has 0 aromatic heterocycles. The zero-order chi connectivity index (χ0) is 23.9. The molecule has 4 rings (SSSR count). The van der Waals surface area contributed by atoms with Crippen molar-refractivity contribution < 1.29 is 38.2 Å². The number of fused-ring (bicyclic) bond motifs is 5. The zero-order valence-corrected chi connectivity index (χ0v) is 18.6. The first kappa shape index (κ1) is 22.7. The average molecular weight is 446 g/mol. The summed E-state index contributed by atoms with van der Waals surface area (Å²) in [6.07, 6.45) is 3.14. The van der Waals surface area contributed by atoms with Crippen molar-refractivity contribution in [2.75, 3.05) is 6.61 Å². The van der Waals surface area contributed by atoms with Crippen molar-refractivity contribution >= 4 is 29.1 Å². The van der Waals surface area contributed by atoms with E-state index in [0.717, 1.165) is 13.0 Å². The topological polar surface area (TPSA) is 115 Å². The molecule has 0 aromatic carbocycles. The highest BCUT2D eigenvalue weighted by atomic mass is 19.1. The number of ketones is 4. The van der Waals surface area contributed by atoms with Crippen LogP contribution < -0.4 is 0 Å². The number of allylic oxidation sites excluding steroid dienone is 4. The Hall–Kier alpha value is -2.48. The van der Waals surface area contributed by atoms with Gasteiger partial charge < -0.3 is 9.84 Å². The molecular weight excluding hydrogens is 419 g/mol. The van der Waals surface area contributed by atoms with Crippen LogP contribution in [-0.2, 0) is 28.7 Å². The molecule has 0 bridgehead atoms. The predicted molar refractivity (Wildman–Crippen MR) is 109 cm³/mol. The highest BCUT2D eigenvalue weighted by molar-refractivity contribution is 6.12. The Morgan fingerprint density at radius 2 is 1.88 bits per heavy atom. The Bertz CT molecular complexity index is 1030. The smallest absolute Gasteiger partial charge is 0.303 e. The SMILES string of the molecule is CC(=O)OCC(=O)[C@@]1(O)[C@@H](C)C[C@H]2[C@@H]3CC(=O)C4=CC(=O)C=C[C@]4(C)[C@@]3(F)C(=O)C[C@@]21C. The summed E-state index contributed by atoms with van der Waals surface area (Å²) < 4.78 is 21.7. The molecule has 3 saturated carbocycles. The highest BCUT2D eigenvalue weighted by Crippen LogP contribution is 2.69. The largest absolute Gasteiger partial charge is 0.458 e. The number of aliphatic hydroxyl groups is 1. The number of carbonyl (C=O) groups is 5. The summed E-state index contributed by atoms with van der Waals surface area (Å²) in [5.41, 5.74) is -7.38. The van der Waals surface area contributed by atoms with Crippen LogP contribution in [0.4, 0.5) is 4.39 Å². The minimum absolute atomic E-state index is 0.00653. The van der Waals surface area contributed by atoms with Crippen LogP contribution in [-0.4, -0.2) is 52.1 Å². The summed E-state index contributed by atoms with van der Waals surface area (Å²) in [6.45, 7) is 5.19. The van der Waals surface area contributed by atoms with Gasteiger partial charge in [0.05, 0.1) is 5.41 Å². The van der Waals surface area contributed by atoms with E-state index >= 15 is 4.39 Å². The van der Waals surface area contributed by atoms with Crippen molar-refractivity contribution in [1.82, 2.24) is 0 Å². The molecule has 1 N–H and O–H groups in total.